The summed E-state index contributed by atoms with van der Waals surface area (Å²) in [6.07, 6.45) is 3.06. The van der Waals surface area contributed by atoms with E-state index in [4.69, 9.17) is 11.6 Å². The molecule has 8 heteroatoms. The number of hydrogen-bond acceptors (Lipinski definition) is 5. The third kappa shape index (κ3) is 2.72. The first-order valence-electron chi connectivity index (χ1n) is 5.96. The van der Waals surface area contributed by atoms with Crippen LogP contribution in [0.2, 0.25) is 5.02 Å². The van der Waals surface area contributed by atoms with Gasteiger partial charge in [-0.1, -0.05) is 11.6 Å². The molecular weight excluding hydrogens is 330 g/mol. The number of fused-ring (bicyclic) bond motifs is 1. The third-order valence-electron chi connectivity index (χ3n) is 2.91. The fourth-order valence-corrected chi connectivity index (χ4v) is 3.88. The van der Waals surface area contributed by atoms with Gasteiger partial charge in [0.15, 0.2) is 5.03 Å². The van der Waals surface area contributed by atoms with Crippen LogP contribution in [0, 0.1) is 6.92 Å². The normalized spacial score (nSPS) is 11.7. The average molecular weight is 340 g/mol. The lowest BCUT2D eigenvalue weighted by Crippen LogP contribution is -2.14. The Bertz CT molecular complexity index is 877. The maximum absolute atomic E-state index is 12.5. The molecule has 1 aromatic carbocycles. The number of rotatable bonds is 3. The average Bonchev–Trinajstić information content (AvgIpc) is 2.87. The van der Waals surface area contributed by atoms with Gasteiger partial charge in [0.2, 0.25) is 0 Å². The van der Waals surface area contributed by atoms with E-state index in [9.17, 15) is 8.42 Å². The van der Waals surface area contributed by atoms with Crippen LogP contribution in [0.4, 0.5) is 5.69 Å². The fourth-order valence-electron chi connectivity index (χ4n) is 1.91. The van der Waals surface area contributed by atoms with Crippen molar-refractivity contribution in [2.75, 3.05) is 4.72 Å². The summed E-state index contributed by atoms with van der Waals surface area (Å²) in [5, 5.41) is 0.589. The van der Waals surface area contributed by atoms with Crippen LogP contribution in [0.1, 0.15) is 5.56 Å². The highest BCUT2D eigenvalue weighted by atomic mass is 35.5. The number of hydrogen-bond donors (Lipinski definition) is 1. The zero-order valence-electron chi connectivity index (χ0n) is 10.9. The van der Waals surface area contributed by atoms with Crippen LogP contribution < -0.4 is 4.72 Å². The van der Waals surface area contributed by atoms with Crippen LogP contribution in [0.5, 0.6) is 0 Å². The quantitative estimate of drug-likeness (QED) is 0.793. The van der Waals surface area contributed by atoms with Gasteiger partial charge in [-0.3, -0.25) is 4.72 Å². The molecule has 0 aromatic heterocycles. The van der Waals surface area contributed by atoms with E-state index >= 15 is 0 Å². The van der Waals surface area contributed by atoms with Gasteiger partial charge >= 0.3 is 0 Å². The van der Waals surface area contributed by atoms with Crippen LogP contribution in [-0.2, 0) is 10.0 Å². The van der Waals surface area contributed by atoms with Crippen molar-refractivity contribution in [3.63, 3.8) is 0 Å². The molecule has 2 aliphatic heterocycles. The molecule has 2 heterocycles. The number of aromatic nitrogens is 2. The monoisotopic (exact) mass is 339 g/mol. The molecule has 0 fully saturated rings. The van der Waals surface area contributed by atoms with E-state index < -0.39 is 10.0 Å². The highest BCUT2D eigenvalue weighted by Gasteiger charge is 2.24. The predicted octanol–water partition coefficient (Wildman–Crippen LogP) is 3.41. The minimum absolute atomic E-state index is 0.00348. The van der Waals surface area contributed by atoms with Crippen molar-refractivity contribution in [1.29, 1.82) is 0 Å². The lowest BCUT2D eigenvalue weighted by Gasteiger charge is -2.08. The van der Waals surface area contributed by atoms with Crippen LogP contribution in [-0.4, -0.2) is 17.8 Å². The zero-order valence-corrected chi connectivity index (χ0v) is 13.3. The predicted molar refractivity (Wildman–Crippen MR) is 83.5 cm³/mol. The Morgan fingerprint density at radius 1 is 1.29 bits per heavy atom. The molecule has 0 saturated carbocycles. The minimum atomic E-state index is -3.75. The highest BCUT2D eigenvalue weighted by Crippen LogP contribution is 2.31. The van der Waals surface area contributed by atoms with E-state index in [0.29, 0.717) is 16.3 Å². The summed E-state index contributed by atoms with van der Waals surface area (Å²) in [6.45, 7) is 1.81. The number of anilines is 1. The first kappa shape index (κ1) is 14.2. The number of halogens is 1. The molecule has 0 radical (unpaired) electrons. The summed E-state index contributed by atoms with van der Waals surface area (Å²) in [6, 6.07) is 6.58. The van der Waals surface area contributed by atoms with Gasteiger partial charge in [0.25, 0.3) is 10.0 Å². The molecule has 0 aliphatic carbocycles. The van der Waals surface area contributed by atoms with Crippen LogP contribution >= 0.6 is 23.1 Å². The van der Waals surface area contributed by atoms with Crippen molar-refractivity contribution in [3.8, 4) is 10.4 Å². The number of nitrogens with zero attached hydrogens (tertiary/aromatic N) is 2. The number of aryl methyl sites for hydroxylation is 1. The Labute approximate surface area is 131 Å². The number of benzene rings is 1. The van der Waals surface area contributed by atoms with Crippen LogP contribution in [0.15, 0.2) is 41.7 Å². The number of nitrogens with one attached hydrogen (secondary N) is 1. The van der Waals surface area contributed by atoms with Crippen molar-refractivity contribution in [2.24, 2.45) is 0 Å². The summed E-state index contributed by atoms with van der Waals surface area (Å²) in [5.74, 6) is 0. The molecule has 0 saturated heterocycles. The maximum Gasteiger partial charge on any atom is 0.280 e. The van der Waals surface area contributed by atoms with Gasteiger partial charge in [-0.05, 0) is 48.3 Å². The fraction of sp³-hybridized carbons (Fsp3) is 0.0769. The van der Waals surface area contributed by atoms with Gasteiger partial charge in [0.1, 0.15) is 0 Å². The SMILES string of the molecule is Cc1cc(NS(=O)(=O)c2ncc3snccc2-3)ccc1Cl. The Balaban J connectivity index is 1.99. The molecule has 0 atom stereocenters. The van der Waals surface area contributed by atoms with Crippen molar-refractivity contribution in [1.82, 2.24) is 9.36 Å². The Morgan fingerprint density at radius 2 is 2.10 bits per heavy atom. The van der Waals surface area contributed by atoms with Crippen LogP contribution in [0.25, 0.3) is 10.4 Å². The Kier molecular flexibility index (Phi) is 3.56. The topological polar surface area (TPSA) is 72.0 Å². The van der Waals surface area contributed by atoms with Gasteiger partial charge in [0, 0.05) is 28.7 Å². The Morgan fingerprint density at radius 3 is 2.86 bits per heavy atom. The van der Waals surface area contributed by atoms with Crippen molar-refractivity contribution in [3.05, 3.63) is 47.2 Å². The van der Waals surface area contributed by atoms with Gasteiger partial charge in [0.05, 0.1) is 4.88 Å². The van der Waals surface area contributed by atoms with Gasteiger partial charge < -0.3 is 0 Å². The lowest BCUT2D eigenvalue weighted by atomic mass is 10.2. The van der Waals surface area contributed by atoms with E-state index in [1.54, 1.807) is 30.5 Å². The summed E-state index contributed by atoms with van der Waals surface area (Å²) in [5.41, 5.74) is 1.81. The first-order valence-corrected chi connectivity index (χ1v) is 8.59. The second-order valence-electron chi connectivity index (χ2n) is 4.42. The molecule has 0 spiro atoms. The molecule has 3 rings (SSSR count). The third-order valence-corrected chi connectivity index (χ3v) is 5.42. The molecule has 5 nitrogen and oxygen atoms in total. The van der Waals surface area contributed by atoms with Crippen LogP contribution in [0.3, 0.4) is 0 Å². The number of sulfonamides is 1. The summed E-state index contributed by atoms with van der Waals surface area (Å²) < 4.78 is 31.4. The van der Waals surface area contributed by atoms with E-state index in [1.165, 1.54) is 17.7 Å². The lowest BCUT2D eigenvalue weighted by molar-refractivity contribution is 0.598. The largest absolute Gasteiger partial charge is 0.280 e. The molecule has 21 heavy (non-hydrogen) atoms. The second-order valence-corrected chi connectivity index (χ2v) is 7.26. The minimum Gasteiger partial charge on any atom is -0.278 e. The van der Waals surface area contributed by atoms with Gasteiger partial charge in [-0.2, -0.15) is 8.42 Å². The van der Waals surface area contributed by atoms with E-state index in [1.807, 2.05) is 6.92 Å². The van der Waals surface area contributed by atoms with Gasteiger partial charge in [-0.25, -0.2) is 9.36 Å². The van der Waals surface area contributed by atoms with Crippen molar-refractivity contribution < 1.29 is 8.42 Å². The molecule has 0 unspecified atom stereocenters. The molecule has 2 aliphatic rings. The molecule has 108 valence electrons. The maximum atomic E-state index is 12.5. The Hall–Kier alpha value is -1.70. The molecule has 1 aromatic rings. The van der Waals surface area contributed by atoms with Crippen molar-refractivity contribution in [2.45, 2.75) is 11.9 Å². The summed E-state index contributed by atoms with van der Waals surface area (Å²) in [7, 11) is -3.75. The smallest absolute Gasteiger partial charge is 0.278 e. The molecule has 0 bridgehead atoms. The van der Waals surface area contributed by atoms with Gasteiger partial charge in [-0.15, -0.1) is 0 Å². The summed E-state index contributed by atoms with van der Waals surface area (Å²) >= 11 is 7.14. The van der Waals surface area contributed by atoms with E-state index in [0.717, 1.165) is 10.4 Å². The molecular formula is C13H10ClN3O2S2. The molecule has 0 amide bonds. The molecule has 1 N–H and O–H groups in total. The summed E-state index contributed by atoms with van der Waals surface area (Å²) in [4.78, 5) is 4.72. The highest BCUT2D eigenvalue weighted by molar-refractivity contribution is 7.92. The first-order chi connectivity index (χ1) is 9.97. The second kappa shape index (κ2) is 5.25. The van der Waals surface area contributed by atoms with Crippen molar-refractivity contribution >= 4 is 38.8 Å². The standard InChI is InChI=1S/C13H10ClN3O2S2/c1-8-6-9(2-3-11(8)14)17-21(18,19)13-10-4-5-16-20-12(10)7-15-13/h2-7,17H,1H3. The van der Waals surface area contributed by atoms with E-state index in [2.05, 4.69) is 14.1 Å². The zero-order chi connectivity index (χ0) is 15.0. The van der Waals surface area contributed by atoms with E-state index in [-0.39, 0.29) is 5.03 Å².